The molecule has 0 aliphatic carbocycles. The molecule has 6 rings (SSSR count). The summed E-state index contributed by atoms with van der Waals surface area (Å²) in [5.41, 5.74) is 0.820. The summed E-state index contributed by atoms with van der Waals surface area (Å²) >= 11 is 0. The van der Waals surface area contributed by atoms with Gasteiger partial charge in [-0.05, 0) is 72.8 Å². The zero-order valence-corrected chi connectivity index (χ0v) is 16.6. The van der Waals surface area contributed by atoms with Gasteiger partial charge in [-0.1, -0.05) is 0 Å². The number of rotatable bonds is 0. The Balaban J connectivity index is 1.60. The number of hydrogen-bond donors (Lipinski definition) is 0. The normalized spacial score (nSPS) is 14.7. The lowest BCUT2D eigenvalue weighted by Gasteiger charge is -2.30. The zero-order chi connectivity index (χ0) is 22.7. The lowest BCUT2D eigenvalue weighted by Crippen LogP contribution is -2.53. The van der Waals surface area contributed by atoms with E-state index in [2.05, 4.69) is 0 Å². The second-order valence-corrected chi connectivity index (χ2v) is 7.47. The van der Waals surface area contributed by atoms with Crippen molar-refractivity contribution >= 4 is 0 Å². The van der Waals surface area contributed by atoms with Gasteiger partial charge < -0.3 is 18.9 Å². The molecule has 0 saturated carbocycles. The molecule has 0 bridgehead atoms. The highest BCUT2D eigenvalue weighted by Crippen LogP contribution is 2.48. The van der Waals surface area contributed by atoms with Crippen molar-refractivity contribution in [3.63, 3.8) is 0 Å². The van der Waals surface area contributed by atoms with Crippen molar-refractivity contribution in [3.05, 3.63) is 96.1 Å². The monoisotopic (exact) mass is 452 g/mol. The van der Waals surface area contributed by atoms with Gasteiger partial charge >= 0.3 is 6.16 Å². The Morgan fingerprint density at radius 3 is 0.879 bits per heavy atom. The van der Waals surface area contributed by atoms with E-state index >= 15 is 0 Å². The van der Waals surface area contributed by atoms with E-state index in [9.17, 15) is 17.6 Å². The van der Waals surface area contributed by atoms with Gasteiger partial charge in [0, 0.05) is 22.3 Å². The van der Waals surface area contributed by atoms with Crippen LogP contribution in [0.1, 0.15) is 0 Å². The third-order valence-corrected chi connectivity index (χ3v) is 5.29. The molecule has 0 radical (unpaired) electrons. The minimum atomic E-state index is -2.31. The van der Waals surface area contributed by atoms with Crippen LogP contribution in [-0.4, -0.2) is 6.16 Å². The number of halogens is 4. The standard InChI is InChI=1S/C25H12F4O4/c26-13-1-5-21-17(9-13)18-10-14(27)2-6-22(18)31-25(30-21)32-23-7-3-15(28)11-19(23)20-12-16(29)4-8-24(20)33-25/h1-12H. The molecule has 4 nitrogen and oxygen atoms in total. The molecule has 0 N–H and O–H groups in total. The Kier molecular flexibility index (Phi) is 4.07. The SMILES string of the molecule is Fc1ccc2c(c1)-c1cc(F)ccc1OC1(O2)Oc2ccc(F)cc2-c2cc(F)ccc2O1. The third-order valence-electron chi connectivity index (χ3n) is 5.29. The van der Waals surface area contributed by atoms with Crippen molar-refractivity contribution in [3.8, 4) is 45.3 Å². The van der Waals surface area contributed by atoms with E-state index in [0.29, 0.717) is 0 Å². The summed E-state index contributed by atoms with van der Waals surface area (Å²) in [6.07, 6.45) is -2.31. The van der Waals surface area contributed by atoms with Gasteiger partial charge in [0.1, 0.15) is 46.3 Å². The first-order valence-electron chi connectivity index (χ1n) is 9.84. The minimum Gasteiger partial charge on any atom is -0.385 e. The molecule has 0 aromatic heterocycles. The molecule has 0 atom stereocenters. The first-order valence-corrected chi connectivity index (χ1v) is 9.84. The van der Waals surface area contributed by atoms with Crippen LogP contribution in [0.5, 0.6) is 23.0 Å². The first-order chi connectivity index (χ1) is 15.9. The zero-order valence-electron chi connectivity index (χ0n) is 16.6. The topological polar surface area (TPSA) is 36.9 Å². The van der Waals surface area contributed by atoms with Crippen molar-refractivity contribution in [1.82, 2.24) is 0 Å². The maximum Gasteiger partial charge on any atom is 0.611 e. The van der Waals surface area contributed by atoms with E-state index in [0.717, 1.165) is 24.3 Å². The summed E-state index contributed by atoms with van der Waals surface area (Å²) in [7, 11) is 0. The Bertz CT molecular complexity index is 1220. The maximum atomic E-state index is 14.1. The van der Waals surface area contributed by atoms with Crippen molar-refractivity contribution in [2.75, 3.05) is 0 Å². The molecule has 0 saturated heterocycles. The van der Waals surface area contributed by atoms with Gasteiger partial charge in [-0.2, -0.15) is 0 Å². The third kappa shape index (κ3) is 3.22. The van der Waals surface area contributed by atoms with Crippen LogP contribution in [-0.2, 0) is 0 Å². The molecule has 8 heteroatoms. The quantitative estimate of drug-likeness (QED) is 0.288. The largest absolute Gasteiger partial charge is 0.611 e. The summed E-state index contributed by atoms with van der Waals surface area (Å²) < 4.78 is 80.2. The van der Waals surface area contributed by atoms with Crippen LogP contribution in [0, 0.1) is 23.3 Å². The van der Waals surface area contributed by atoms with Gasteiger partial charge in [-0.25, -0.2) is 17.6 Å². The van der Waals surface area contributed by atoms with Crippen LogP contribution < -0.4 is 18.9 Å². The second kappa shape index (κ2) is 6.90. The van der Waals surface area contributed by atoms with E-state index in [1.165, 1.54) is 48.5 Å². The Morgan fingerprint density at radius 2 is 0.636 bits per heavy atom. The van der Waals surface area contributed by atoms with Crippen LogP contribution in [0.3, 0.4) is 0 Å². The molecular weight excluding hydrogens is 440 g/mol. The summed E-state index contributed by atoms with van der Waals surface area (Å²) in [6.45, 7) is 0. The lowest BCUT2D eigenvalue weighted by atomic mass is 10.0. The Labute approximate surface area is 184 Å². The fourth-order valence-corrected chi connectivity index (χ4v) is 3.87. The maximum absolute atomic E-state index is 14.1. The van der Waals surface area contributed by atoms with Crippen LogP contribution in [0.15, 0.2) is 72.8 Å². The van der Waals surface area contributed by atoms with Gasteiger partial charge in [-0.3, -0.25) is 0 Å². The molecule has 2 aliphatic heterocycles. The van der Waals surface area contributed by atoms with Gasteiger partial charge in [0.2, 0.25) is 0 Å². The summed E-state index contributed by atoms with van der Waals surface area (Å²) in [4.78, 5) is 0. The average molecular weight is 452 g/mol. The van der Waals surface area contributed by atoms with E-state index in [1.54, 1.807) is 0 Å². The number of hydrogen-bond acceptors (Lipinski definition) is 4. The number of fused-ring (bicyclic) bond motifs is 6. The van der Waals surface area contributed by atoms with Gasteiger partial charge in [0.25, 0.3) is 0 Å². The van der Waals surface area contributed by atoms with Crippen LogP contribution in [0.2, 0.25) is 0 Å². The molecule has 4 aromatic carbocycles. The average Bonchev–Trinajstić information content (AvgIpc) is 2.99. The number of benzene rings is 4. The van der Waals surface area contributed by atoms with Crippen molar-refractivity contribution in [2.45, 2.75) is 6.16 Å². The number of ether oxygens (including phenoxy) is 4. The fourth-order valence-electron chi connectivity index (χ4n) is 3.87. The van der Waals surface area contributed by atoms with Crippen LogP contribution in [0.4, 0.5) is 17.6 Å². The second-order valence-electron chi connectivity index (χ2n) is 7.47. The highest BCUT2D eigenvalue weighted by atomic mass is 19.1. The molecule has 2 aliphatic rings. The highest BCUT2D eigenvalue weighted by Gasteiger charge is 2.49. The molecule has 164 valence electrons. The fraction of sp³-hybridized carbons (Fsp3) is 0.0400. The van der Waals surface area contributed by atoms with E-state index in [-0.39, 0.29) is 45.3 Å². The van der Waals surface area contributed by atoms with Gasteiger partial charge in [0.05, 0.1) is 0 Å². The van der Waals surface area contributed by atoms with E-state index < -0.39 is 29.4 Å². The predicted molar refractivity (Wildman–Crippen MR) is 109 cm³/mol. The first kappa shape index (κ1) is 19.5. The predicted octanol–water partition coefficient (Wildman–Crippen LogP) is 6.43. The Hall–Kier alpha value is -4.20. The lowest BCUT2D eigenvalue weighted by molar-refractivity contribution is -0.364. The molecule has 33 heavy (non-hydrogen) atoms. The van der Waals surface area contributed by atoms with Crippen molar-refractivity contribution in [1.29, 1.82) is 0 Å². The molecule has 2 heterocycles. The molecule has 4 aromatic rings. The summed E-state index contributed by atoms with van der Waals surface area (Å²) in [5.74, 6) is -1.99. The summed E-state index contributed by atoms with van der Waals surface area (Å²) in [5, 5.41) is 0. The van der Waals surface area contributed by atoms with Crippen LogP contribution in [0.25, 0.3) is 22.3 Å². The Morgan fingerprint density at radius 1 is 0.394 bits per heavy atom. The van der Waals surface area contributed by atoms with E-state index in [1.807, 2.05) is 0 Å². The molecule has 0 fully saturated rings. The van der Waals surface area contributed by atoms with Gasteiger partial charge in [0.15, 0.2) is 0 Å². The van der Waals surface area contributed by atoms with Gasteiger partial charge in [-0.15, -0.1) is 0 Å². The molecule has 0 unspecified atom stereocenters. The van der Waals surface area contributed by atoms with Crippen molar-refractivity contribution < 1.29 is 36.5 Å². The summed E-state index contributed by atoms with van der Waals surface area (Å²) in [6, 6.07) is 14.6. The van der Waals surface area contributed by atoms with E-state index in [4.69, 9.17) is 18.9 Å². The molecule has 0 amide bonds. The smallest absolute Gasteiger partial charge is 0.385 e. The molecule has 1 spiro atoms. The molecular formula is C25H12F4O4. The minimum absolute atomic E-state index is 0.0787. The highest BCUT2D eigenvalue weighted by molar-refractivity contribution is 5.78. The van der Waals surface area contributed by atoms with Crippen molar-refractivity contribution in [2.24, 2.45) is 0 Å². The van der Waals surface area contributed by atoms with Crippen LogP contribution >= 0.6 is 0 Å².